The fourth-order valence-corrected chi connectivity index (χ4v) is 3.00. The van der Waals surface area contributed by atoms with Crippen molar-refractivity contribution in [3.8, 4) is 5.75 Å². The zero-order chi connectivity index (χ0) is 14.5. The van der Waals surface area contributed by atoms with Gasteiger partial charge in [0.1, 0.15) is 5.75 Å². The molecule has 0 radical (unpaired) electrons. The minimum absolute atomic E-state index is 0.196. The van der Waals surface area contributed by atoms with Crippen LogP contribution in [0.15, 0.2) is 18.2 Å². The van der Waals surface area contributed by atoms with Crippen molar-refractivity contribution in [3.63, 3.8) is 0 Å². The van der Waals surface area contributed by atoms with E-state index in [1.165, 1.54) is 0 Å². The summed E-state index contributed by atoms with van der Waals surface area (Å²) in [6.45, 7) is 8.93. The van der Waals surface area contributed by atoms with Crippen LogP contribution in [0.25, 0.3) is 0 Å². The van der Waals surface area contributed by atoms with Gasteiger partial charge in [0, 0.05) is 11.5 Å². The summed E-state index contributed by atoms with van der Waals surface area (Å²) < 4.78 is 17.8. The fourth-order valence-electron chi connectivity index (χ4n) is 2.76. The Morgan fingerprint density at radius 3 is 2.50 bits per heavy atom. The number of rotatable bonds is 2. The molecule has 1 fully saturated rings. The summed E-state index contributed by atoms with van der Waals surface area (Å²) in [6.07, 6.45) is 0.792. The molecule has 3 rings (SSSR count). The largest absolute Gasteiger partial charge is 0.491 e. The van der Waals surface area contributed by atoms with Gasteiger partial charge in [-0.05, 0) is 40.1 Å². The molecule has 1 saturated heterocycles. The van der Waals surface area contributed by atoms with Gasteiger partial charge in [0.15, 0.2) is 0 Å². The third-order valence-corrected chi connectivity index (χ3v) is 4.94. The fraction of sp³-hybridized carbons (Fsp3) is 0.600. The van der Waals surface area contributed by atoms with Crippen molar-refractivity contribution < 1.29 is 14.0 Å². The highest BCUT2D eigenvalue weighted by Crippen LogP contribution is 2.44. The molecule has 2 aliphatic heterocycles. The zero-order valence-corrected chi connectivity index (χ0v) is 13.2. The van der Waals surface area contributed by atoms with E-state index in [4.69, 9.17) is 25.6 Å². The van der Waals surface area contributed by atoms with Crippen LogP contribution in [0.5, 0.6) is 5.75 Å². The molecule has 2 heterocycles. The summed E-state index contributed by atoms with van der Waals surface area (Å²) in [5.41, 5.74) is 0.593. The van der Waals surface area contributed by atoms with Crippen LogP contribution in [0.2, 0.25) is 11.3 Å². The lowest BCUT2D eigenvalue weighted by molar-refractivity contribution is 0.00578. The number of hydrogen-bond acceptors (Lipinski definition) is 3. The molecular formula is C15H20BClO3. The lowest BCUT2D eigenvalue weighted by Gasteiger charge is -2.32. The average Bonchev–Trinajstić information content (AvgIpc) is 2.80. The molecule has 20 heavy (non-hydrogen) atoms. The van der Waals surface area contributed by atoms with E-state index in [0.717, 1.165) is 17.6 Å². The maximum Gasteiger partial charge on any atom is 0.458 e. The van der Waals surface area contributed by atoms with Gasteiger partial charge in [0.25, 0.3) is 0 Å². The van der Waals surface area contributed by atoms with Crippen LogP contribution in [-0.4, -0.2) is 24.9 Å². The van der Waals surface area contributed by atoms with Crippen LogP contribution < -0.4 is 4.74 Å². The zero-order valence-electron chi connectivity index (χ0n) is 12.4. The Morgan fingerprint density at radius 1 is 1.20 bits per heavy atom. The lowest BCUT2D eigenvalue weighted by atomic mass is 9.75. The van der Waals surface area contributed by atoms with E-state index in [9.17, 15) is 0 Å². The predicted molar refractivity (Wildman–Crippen MR) is 80.6 cm³/mol. The van der Waals surface area contributed by atoms with Crippen molar-refractivity contribution in [2.75, 3.05) is 6.61 Å². The molecule has 0 amide bonds. The molecule has 0 unspecified atom stereocenters. The third-order valence-electron chi connectivity index (χ3n) is 4.65. The standard InChI is InChI=1S/C15H20BClO3/c1-14(2)15(3,4)20-16(19-14)8-10-9-18-13-11(10)6-5-7-12(13)17/h5-7,10H,8-9H2,1-4H3/t10-/m1/s1. The molecule has 0 saturated carbocycles. The van der Waals surface area contributed by atoms with Gasteiger partial charge in [-0.25, -0.2) is 0 Å². The molecular weight excluding hydrogens is 274 g/mol. The summed E-state index contributed by atoms with van der Waals surface area (Å²) in [5.74, 6) is 1.09. The summed E-state index contributed by atoms with van der Waals surface area (Å²) in [6, 6.07) is 5.90. The maximum atomic E-state index is 6.15. The minimum atomic E-state index is -0.283. The van der Waals surface area contributed by atoms with E-state index in [0.29, 0.717) is 11.6 Å². The average molecular weight is 295 g/mol. The Morgan fingerprint density at radius 2 is 1.85 bits per heavy atom. The molecule has 0 aliphatic carbocycles. The van der Waals surface area contributed by atoms with Crippen LogP contribution in [0, 0.1) is 0 Å². The number of para-hydroxylation sites is 1. The normalized spacial score (nSPS) is 26.4. The second-order valence-corrected chi connectivity index (χ2v) is 6.99. The first-order valence-electron chi connectivity index (χ1n) is 7.07. The van der Waals surface area contributed by atoms with E-state index in [1.54, 1.807) is 0 Å². The van der Waals surface area contributed by atoms with E-state index in [2.05, 4.69) is 33.8 Å². The predicted octanol–water partition coefficient (Wildman–Crippen LogP) is 3.91. The van der Waals surface area contributed by atoms with Crippen molar-refractivity contribution in [3.05, 3.63) is 28.8 Å². The molecule has 2 aliphatic rings. The maximum absolute atomic E-state index is 6.15. The number of ether oxygens (including phenoxy) is 1. The van der Waals surface area contributed by atoms with Crippen LogP contribution >= 0.6 is 11.6 Å². The summed E-state index contributed by atoms with van der Waals surface area (Å²) in [5, 5.41) is 0.680. The number of halogens is 1. The molecule has 1 atom stereocenters. The van der Waals surface area contributed by atoms with Crippen LogP contribution in [0.3, 0.4) is 0 Å². The molecule has 0 bridgehead atoms. The topological polar surface area (TPSA) is 27.7 Å². The minimum Gasteiger partial charge on any atom is -0.491 e. The van der Waals surface area contributed by atoms with Crippen molar-refractivity contribution in [2.24, 2.45) is 0 Å². The van der Waals surface area contributed by atoms with E-state index < -0.39 is 0 Å². The Labute approximate surface area is 125 Å². The molecule has 1 aromatic rings. The quantitative estimate of drug-likeness (QED) is 0.774. The Bertz CT molecular complexity index is 514. The molecule has 0 N–H and O–H groups in total. The number of hydrogen-bond donors (Lipinski definition) is 0. The second kappa shape index (κ2) is 4.65. The van der Waals surface area contributed by atoms with Crippen molar-refractivity contribution in [1.82, 2.24) is 0 Å². The van der Waals surface area contributed by atoms with Gasteiger partial charge < -0.3 is 14.0 Å². The van der Waals surface area contributed by atoms with Crippen molar-refractivity contribution in [2.45, 2.75) is 51.1 Å². The van der Waals surface area contributed by atoms with Gasteiger partial charge in [-0.1, -0.05) is 23.7 Å². The molecule has 1 aromatic carbocycles. The highest BCUT2D eigenvalue weighted by Gasteiger charge is 2.51. The van der Waals surface area contributed by atoms with Crippen LogP contribution in [0.4, 0.5) is 0 Å². The first-order valence-corrected chi connectivity index (χ1v) is 7.45. The molecule has 108 valence electrons. The smallest absolute Gasteiger partial charge is 0.458 e. The first kappa shape index (κ1) is 14.2. The second-order valence-electron chi connectivity index (χ2n) is 6.59. The van der Waals surface area contributed by atoms with Gasteiger partial charge >= 0.3 is 7.12 Å². The Hall–Kier alpha value is -0.705. The summed E-state index contributed by atoms with van der Waals surface area (Å²) >= 11 is 6.15. The van der Waals surface area contributed by atoms with Crippen LogP contribution in [0.1, 0.15) is 39.2 Å². The Kier molecular flexibility index (Phi) is 3.31. The summed E-state index contributed by atoms with van der Waals surface area (Å²) in [4.78, 5) is 0. The van der Waals surface area contributed by atoms with E-state index >= 15 is 0 Å². The molecule has 5 heteroatoms. The first-order chi connectivity index (χ1) is 9.30. The number of fused-ring (bicyclic) bond motifs is 1. The van der Waals surface area contributed by atoms with Gasteiger partial charge in [-0.2, -0.15) is 0 Å². The van der Waals surface area contributed by atoms with Crippen LogP contribution in [-0.2, 0) is 9.31 Å². The highest BCUT2D eigenvalue weighted by atomic mass is 35.5. The monoisotopic (exact) mass is 294 g/mol. The van der Waals surface area contributed by atoms with Gasteiger partial charge in [-0.3, -0.25) is 0 Å². The van der Waals surface area contributed by atoms with Crippen molar-refractivity contribution in [1.29, 1.82) is 0 Å². The molecule has 0 aromatic heterocycles. The van der Waals surface area contributed by atoms with E-state index in [-0.39, 0.29) is 24.2 Å². The summed E-state index contributed by atoms with van der Waals surface area (Å²) in [7, 11) is -0.196. The Balaban J connectivity index is 1.75. The SMILES string of the molecule is CC1(C)OB(C[C@@H]2COc3c(Cl)cccc32)OC1(C)C. The van der Waals surface area contributed by atoms with Gasteiger partial charge in [-0.15, -0.1) is 0 Å². The lowest BCUT2D eigenvalue weighted by Crippen LogP contribution is -2.41. The third kappa shape index (κ3) is 2.24. The van der Waals surface area contributed by atoms with Gasteiger partial charge in [0.2, 0.25) is 0 Å². The van der Waals surface area contributed by atoms with E-state index in [1.807, 2.05) is 12.1 Å². The van der Waals surface area contributed by atoms with Crippen molar-refractivity contribution >= 4 is 18.7 Å². The van der Waals surface area contributed by atoms with Gasteiger partial charge in [0.05, 0.1) is 22.8 Å². The highest BCUT2D eigenvalue weighted by molar-refractivity contribution is 6.45. The molecule has 3 nitrogen and oxygen atoms in total. The number of benzene rings is 1. The molecule has 0 spiro atoms.